The maximum atomic E-state index is 5.60. The van der Waals surface area contributed by atoms with Crippen LogP contribution in [0.2, 0.25) is 0 Å². The van der Waals surface area contributed by atoms with Crippen LogP contribution in [0.1, 0.15) is 37.3 Å². The molecule has 0 aromatic carbocycles. The molecule has 1 heterocycles. The molecule has 1 rings (SSSR count). The van der Waals surface area contributed by atoms with Crippen LogP contribution in [0.4, 0.5) is 0 Å². The van der Waals surface area contributed by atoms with Gasteiger partial charge in [-0.3, -0.25) is 4.68 Å². The van der Waals surface area contributed by atoms with E-state index in [1.54, 1.807) is 7.11 Å². The minimum Gasteiger partial charge on any atom is -0.374 e. The van der Waals surface area contributed by atoms with Crippen LogP contribution in [-0.4, -0.2) is 23.4 Å². The summed E-state index contributed by atoms with van der Waals surface area (Å²) >= 11 is 0. The van der Waals surface area contributed by atoms with Crippen molar-refractivity contribution in [3.8, 4) is 0 Å². The molecule has 80 valence electrons. The molecule has 0 radical (unpaired) electrons. The minimum atomic E-state index is -0.0556. The van der Waals surface area contributed by atoms with E-state index in [9.17, 15) is 0 Å². The van der Waals surface area contributed by atoms with E-state index >= 15 is 0 Å². The zero-order chi connectivity index (χ0) is 10.7. The molecule has 0 fully saturated rings. The first kappa shape index (κ1) is 11.2. The molecule has 1 aromatic rings. The van der Waals surface area contributed by atoms with Crippen molar-refractivity contribution in [1.82, 2.24) is 9.78 Å². The van der Waals surface area contributed by atoms with Gasteiger partial charge in [-0.1, -0.05) is 13.8 Å². The van der Waals surface area contributed by atoms with E-state index < -0.39 is 0 Å². The number of aryl methyl sites for hydroxylation is 1. The number of hydrogen-bond donors (Lipinski definition) is 1. The van der Waals surface area contributed by atoms with Gasteiger partial charge in [-0.15, -0.1) is 0 Å². The molecule has 2 N–H and O–H groups in total. The Morgan fingerprint density at radius 2 is 2.21 bits per heavy atom. The van der Waals surface area contributed by atoms with Crippen molar-refractivity contribution in [3.63, 3.8) is 0 Å². The summed E-state index contributed by atoms with van der Waals surface area (Å²) in [5.74, 6) is 0.435. The van der Waals surface area contributed by atoms with Crippen molar-refractivity contribution in [2.24, 2.45) is 12.8 Å². The average molecular weight is 197 g/mol. The second-order valence-electron chi connectivity index (χ2n) is 3.73. The SMILES string of the molecule is COC(CN)c1cc(C(C)C)nn1C. The monoisotopic (exact) mass is 197 g/mol. The predicted molar refractivity (Wildman–Crippen MR) is 56.1 cm³/mol. The van der Waals surface area contributed by atoms with Gasteiger partial charge in [0.1, 0.15) is 6.10 Å². The first-order chi connectivity index (χ1) is 6.60. The summed E-state index contributed by atoms with van der Waals surface area (Å²) in [5, 5.41) is 4.41. The molecule has 14 heavy (non-hydrogen) atoms. The Hall–Kier alpha value is -0.870. The fourth-order valence-corrected chi connectivity index (χ4v) is 1.43. The maximum Gasteiger partial charge on any atom is 0.111 e. The highest BCUT2D eigenvalue weighted by molar-refractivity contribution is 5.15. The van der Waals surface area contributed by atoms with Gasteiger partial charge in [0.2, 0.25) is 0 Å². The molecule has 4 nitrogen and oxygen atoms in total. The Balaban J connectivity index is 2.96. The summed E-state index contributed by atoms with van der Waals surface area (Å²) < 4.78 is 7.12. The molecule has 1 atom stereocenters. The lowest BCUT2D eigenvalue weighted by atomic mass is 10.1. The van der Waals surface area contributed by atoms with Crippen molar-refractivity contribution in [2.75, 3.05) is 13.7 Å². The third-order valence-corrected chi connectivity index (χ3v) is 2.35. The lowest BCUT2D eigenvalue weighted by Gasteiger charge is -2.12. The smallest absolute Gasteiger partial charge is 0.111 e. The first-order valence-electron chi connectivity index (χ1n) is 4.86. The Morgan fingerprint density at radius 3 is 2.57 bits per heavy atom. The van der Waals surface area contributed by atoms with Crippen LogP contribution in [0.3, 0.4) is 0 Å². The molecule has 4 heteroatoms. The van der Waals surface area contributed by atoms with E-state index in [0.29, 0.717) is 12.5 Å². The standard InChI is InChI=1S/C10H19N3O/c1-7(2)8-5-9(13(3)12-8)10(6-11)14-4/h5,7,10H,6,11H2,1-4H3. The van der Waals surface area contributed by atoms with Gasteiger partial charge < -0.3 is 10.5 Å². The van der Waals surface area contributed by atoms with Gasteiger partial charge in [-0.2, -0.15) is 5.10 Å². The summed E-state index contributed by atoms with van der Waals surface area (Å²) in [6, 6.07) is 2.06. The van der Waals surface area contributed by atoms with Gasteiger partial charge in [0, 0.05) is 20.7 Å². The molecule has 1 aromatic heterocycles. The summed E-state index contributed by atoms with van der Waals surface area (Å²) in [5.41, 5.74) is 7.73. The molecule has 0 saturated heterocycles. The second kappa shape index (κ2) is 4.57. The van der Waals surface area contributed by atoms with Crippen molar-refractivity contribution in [3.05, 3.63) is 17.5 Å². The number of ether oxygens (including phenoxy) is 1. The molecule has 0 aliphatic carbocycles. The summed E-state index contributed by atoms with van der Waals surface area (Å²) in [4.78, 5) is 0. The highest BCUT2D eigenvalue weighted by Crippen LogP contribution is 2.20. The largest absolute Gasteiger partial charge is 0.374 e. The lowest BCUT2D eigenvalue weighted by molar-refractivity contribution is 0.103. The van der Waals surface area contributed by atoms with Crippen LogP contribution >= 0.6 is 0 Å². The van der Waals surface area contributed by atoms with Gasteiger partial charge in [-0.25, -0.2) is 0 Å². The Morgan fingerprint density at radius 1 is 1.57 bits per heavy atom. The van der Waals surface area contributed by atoms with Gasteiger partial charge >= 0.3 is 0 Å². The molecule has 0 saturated carbocycles. The predicted octanol–water partition coefficient (Wildman–Crippen LogP) is 1.19. The van der Waals surface area contributed by atoms with Crippen LogP contribution in [-0.2, 0) is 11.8 Å². The zero-order valence-corrected chi connectivity index (χ0v) is 9.32. The number of methoxy groups -OCH3 is 1. The molecule has 1 unspecified atom stereocenters. The van der Waals surface area contributed by atoms with E-state index in [1.807, 2.05) is 11.7 Å². The quantitative estimate of drug-likeness (QED) is 0.788. The van der Waals surface area contributed by atoms with Gasteiger partial charge in [-0.05, 0) is 12.0 Å². The normalized spacial score (nSPS) is 13.6. The number of aromatic nitrogens is 2. The average Bonchev–Trinajstić information content (AvgIpc) is 2.51. The van der Waals surface area contributed by atoms with Crippen LogP contribution < -0.4 is 5.73 Å². The second-order valence-corrected chi connectivity index (χ2v) is 3.73. The Labute approximate surface area is 85.0 Å². The Bertz CT molecular complexity index is 290. The highest BCUT2D eigenvalue weighted by atomic mass is 16.5. The number of rotatable bonds is 4. The van der Waals surface area contributed by atoms with Crippen molar-refractivity contribution in [1.29, 1.82) is 0 Å². The molecule has 0 bridgehead atoms. The van der Waals surface area contributed by atoms with Gasteiger partial charge in [0.25, 0.3) is 0 Å². The van der Waals surface area contributed by atoms with Crippen molar-refractivity contribution >= 4 is 0 Å². The number of nitrogens with two attached hydrogens (primary N) is 1. The van der Waals surface area contributed by atoms with Gasteiger partial charge in [0.15, 0.2) is 0 Å². The van der Waals surface area contributed by atoms with E-state index in [4.69, 9.17) is 10.5 Å². The third-order valence-electron chi connectivity index (χ3n) is 2.35. The first-order valence-corrected chi connectivity index (χ1v) is 4.86. The molecule has 0 aliphatic rings. The summed E-state index contributed by atoms with van der Waals surface area (Å²) in [6.07, 6.45) is -0.0556. The molecule has 0 aliphatic heterocycles. The minimum absolute atomic E-state index is 0.0556. The fraction of sp³-hybridized carbons (Fsp3) is 0.700. The third kappa shape index (κ3) is 2.13. The zero-order valence-electron chi connectivity index (χ0n) is 9.32. The van der Waals surface area contributed by atoms with Crippen LogP contribution in [0.5, 0.6) is 0 Å². The van der Waals surface area contributed by atoms with Crippen molar-refractivity contribution < 1.29 is 4.74 Å². The van der Waals surface area contributed by atoms with E-state index in [1.165, 1.54) is 0 Å². The highest BCUT2D eigenvalue weighted by Gasteiger charge is 2.15. The van der Waals surface area contributed by atoms with Crippen LogP contribution in [0, 0.1) is 0 Å². The van der Waals surface area contributed by atoms with Gasteiger partial charge in [0.05, 0.1) is 11.4 Å². The fourth-order valence-electron chi connectivity index (χ4n) is 1.43. The number of hydrogen-bond acceptors (Lipinski definition) is 3. The molecule has 0 spiro atoms. The van der Waals surface area contributed by atoms with E-state index in [0.717, 1.165) is 11.4 Å². The molecule has 0 amide bonds. The van der Waals surface area contributed by atoms with E-state index in [2.05, 4.69) is 25.0 Å². The molecular weight excluding hydrogens is 178 g/mol. The molecular formula is C10H19N3O. The summed E-state index contributed by atoms with van der Waals surface area (Å²) in [7, 11) is 3.59. The van der Waals surface area contributed by atoms with E-state index in [-0.39, 0.29) is 6.10 Å². The van der Waals surface area contributed by atoms with Crippen molar-refractivity contribution in [2.45, 2.75) is 25.9 Å². The van der Waals surface area contributed by atoms with Crippen LogP contribution in [0.25, 0.3) is 0 Å². The Kier molecular flexibility index (Phi) is 3.66. The number of nitrogens with zero attached hydrogens (tertiary/aromatic N) is 2. The maximum absolute atomic E-state index is 5.60. The van der Waals surface area contributed by atoms with Crippen LogP contribution in [0.15, 0.2) is 6.07 Å². The lowest BCUT2D eigenvalue weighted by Crippen LogP contribution is -2.17. The summed E-state index contributed by atoms with van der Waals surface area (Å²) in [6.45, 7) is 4.72. The topological polar surface area (TPSA) is 53.1 Å².